The van der Waals surface area contributed by atoms with Crippen LogP contribution in [0.5, 0.6) is 11.5 Å². The first-order valence-electron chi connectivity index (χ1n) is 13.8. The Balaban J connectivity index is 1.32. The average Bonchev–Trinajstić information content (AvgIpc) is 3.47. The number of carboxylic acid groups (broad SMARTS) is 3. The Hall–Kier alpha value is -5.14. The molecule has 1 aliphatic heterocycles. The molecule has 1 amide bonds. The smallest absolute Gasteiger partial charge is 0.370 e. The van der Waals surface area contributed by atoms with Gasteiger partial charge in [0, 0.05) is 50.3 Å². The fourth-order valence-electron chi connectivity index (χ4n) is 4.98. The number of aliphatic carboxylic acids is 3. The first-order chi connectivity index (χ1) is 22.8. The lowest BCUT2D eigenvalue weighted by Crippen LogP contribution is -2.66. The third kappa shape index (κ3) is 7.37. The molecule has 3 aromatic rings. The molecule has 250 valence electrons. The largest absolute Gasteiger partial charge is 0.504 e. The number of nitrogens with one attached hydrogen (secondary N) is 1. The van der Waals surface area contributed by atoms with Gasteiger partial charge in [-0.25, -0.2) is 19.4 Å². The Labute approximate surface area is 282 Å². The molecule has 16 nitrogen and oxygen atoms in total. The summed E-state index contributed by atoms with van der Waals surface area (Å²) in [5.41, 5.74) is 5.55. The summed E-state index contributed by atoms with van der Waals surface area (Å²) < 4.78 is 1.48. The number of hydrogen-bond donors (Lipinski definition) is 7. The summed E-state index contributed by atoms with van der Waals surface area (Å²) in [6.45, 7) is -0.203. The van der Waals surface area contributed by atoms with Gasteiger partial charge in [-0.15, -0.1) is 23.1 Å². The van der Waals surface area contributed by atoms with Crippen LogP contribution in [-0.4, -0.2) is 88.6 Å². The van der Waals surface area contributed by atoms with Crippen molar-refractivity contribution in [3.05, 3.63) is 70.5 Å². The Morgan fingerprint density at radius 1 is 1.12 bits per heavy atom. The number of pyridine rings is 1. The number of aromatic hydroxyl groups is 2. The number of amides is 1. The zero-order valence-electron chi connectivity index (χ0n) is 24.4. The number of anilines is 1. The number of nitrogen functional groups attached to an aromatic ring is 1. The number of benzene rings is 1. The van der Waals surface area contributed by atoms with Gasteiger partial charge in [0.25, 0.3) is 5.91 Å². The Bertz CT molecular complexity index is 1860. The molecular weight excluding hydrogens is 691 g/mol. The quantitative estimate of drug-likeness (QED) is 0.0428. The number of aromatic nitrogens is 2. The molecule has 1 aliphatic carbocycles. The SMILES string of the molecule is Nc1nc(/C(=N/O[C@H](C(=O)O)c2ccc(O)c(O)c2)C(=O)NC2C(=O)C3C(C(=O)O)=C(CSc4cc[n+](CC(=O)O)cc4)CSC23)cs1. The van der Waals surface area contributed by atoms with Gasteiger partial charge in [0.2, 0.25) is 12.6 Å². The van der Waals surface area contributed by atoms with Crippen LogP contribution in [0.3, 0.4) is 0 Å². The van der Waals surface area contributed by atoms with E-state index in [1.165, 1.54) is 39.5 Å². The van der Waals surface area contributed by atoms with E-state index in [9.17, 15) is 44.4 Å². The van der Waals surface area contributed by atoms with Crippen LogP contribution in [0.4, 0.5) is 5.13 Å². The minimum atomic E-state index is -1.82. The number of phenolic OH excluding ortho intramolecular Hbond substituents is 2. The highest BCUT2D eigenvalue weighted by atomic mass is 32.2. The zero-order valence-corrected chi connectivity index (χ0v) is 26.8. The first kappa shape index (κ1) is 34.2. The molecule has 0 spiro atoms. The van der Waals surface area contributed by atoms with Crippen LogP contribution < -0.4 is 15.6 Å². The van der Waals surface area contributed by atoms with Crippen LogP contribution >= 0.6 is 34.9 Å². The van der Waals surface area contributed by atoms with E-state index in [1.54, 1.807) is 24.5 Å². The van der Waals surface area contributed by atoms with Gasteiger partial charge >= 0.3 is 17.9 Å². The van der Waals surface area contributed by atoms with Crippen molar-refractivity contribution in [1.82, 2.24) is 10.3 Å². The maximum absolute atomic E-state index is 13.5. The molecule has 1 fully saturated rings. The van der Waals surface area contributed by atoms with Crippen molar-refractivity contribution in [2.75, 3.05) is 17.2 Å². The number of phenols is 2. The summed E-state index contributed by atoms with van der Waals surface area (Å²) in [4.78, 5) is 72.0. The molecule has 0 bridgehead atoms. The summed E-state index contributed by atoms with van der Waals surface area (Å²) in [5.74, 6) is -6.81. The number of oxime groups is 1. The molecule has 19 heteroatoms. The predicted octanol–water partition coefficient (Wildman–Crippen LogP) is 1.03. The highest BCUT2D eigenvalue weighted by Gasteiger charge is 2.56. The highest BCUT2D eigenvalue weighted by Crippen LogP contribution is 2.46. The fourth-order valence-corrected chi connectivity index (χ4v) is 8.08. The average molecular weight is 717 g/mol. The van der Waals surface area contributed by atoms with Crippen molar-refractivity contribution < 1.29 is 58.9 Å². The lowest BCUT2D eigenvalue weighted by atomic mass is 9.71. The van der Waals surface area contributed by atoms with Gasteiger partial charge in [0.1, 0.15) is 11.7 Å². The monoisotopic (exact) mass is 716 g/mol. The van der Waals surface area contributed by atoms with Crippen molar-refractivity contribution in [2.45, 2.75) is 28.8 Å². The van der Waals surface area contributed by atoms with Crippen molar-refractivity contribution >= 4 is 75.3 Å². The number of carbonyl (C=O) groups excluding carboxylic acids is 2. The Kier molecular flexibility index (Phi) is 10.2. The number of thioether (sulfide) groups is 2. The van der Waals surface area contributed by atoms with Gasteiger partial charge in [0.05, 0.1) is 5.92 Å². The number of ketones is 1. The number of hydrogen-bond acceptors (Lipinski definition) is 14. The van der Waals surface area contributed by atoms with Gasteiger partial charge in [0.15, 0.2) is 40.5 Å². The molecule has 2 aliphatic rings. The molecule has 3 unspecified atom stereocenters. The summed E-state index contributed by atoms with van der Waals surface area (Å²) in [6.07, 6.45) is 1.37. The highest BCUT2D eigenvalue weighted by molar-refractivity contribution is 8.01. The number of carbonyl (C=O) groups is 5. The van der Waals surface area contributed by atoms with Crippen molar-refractivity contribution in [1.29, 1.82) is 0 Å². The van der Waals surface area contributed by atoms with Gasteiger partial charge in [-0.2, -0.15) is 16.3 Å². The van der Waals surface area contributed by atoms with Crippen LogP contribution in [0.15, 0.2) is 69.3 Å². The molecule has 4 atom stereocenters. The zero-order chi connectivity index (χ0) is 34.7. The number of fused-ring (bicyclic) bond motifs is 1. The Morgan fingerprint density at radius 2 is 1.85 bits per heavy atom. The fraction of sp³-hybridized carbons (Fsp3) is 0.241. The maximum atomic E-state index is 13.5. The van der Waals surface area contributed by atoms with E-state index in [4.69, 9.17) is 15.7 Å². The van der Waals surface area contributed by atoms with Gasteiger partial charge in [-0.3, -0.25) is 9.59 Å². The molecule has 1 aromatic carbocycles. The number of Topliss-reactive ketones (excluding diaryl/α,β-unsaturated/α-hetero) is 1. The number of nitrogens with zero attached hydrogens (tertiary/aromatic N) is 3. The van der Waals surface area contributed by atoms with Crippen LogP contribution in [0.25, 0.3) is 0 Å². The van der Waals surface area contributed by atoms with E-state index in [1.807, 2.05) is 0 Å². The van der Waals surface area contributed by atoms with E-state index in [-0.39, 0.29) is 40.0 Å². The standard InChI is InChI=1S/C29H25N5O11S3/c30-29-31-15(11-48-29)21(33-45-24(28(43)44)12-1-2-16(35)17(36)7-12)26(40)32-22-23(39)20-19(27(41)42)13(10-47-25(20)22)9-46-14-3-5-34(6-4-14)8-18(37)38/h1-7,11,20,22,24-25H,8-10H2,(H7-,30,31,32,33,35,36,37,38,40,41,42,43,44)/p+1/t20?,22?,24-,25?/m0/s1. The third-order valence-electron chi connectivity index (χ3n) is 7.28. The molecule has 0 radical (unpaired) electrons. The van der Waals surface area contributed by atoms with E-state index in [0.717, 1.165) is 28.4 Å². The summed E-state index contributed by atoms with van der Waals surface area (Å²) in [6, 6.07) is 5.50. The topological polar surface area (TPSA) is 263 Å². The molecule has 0 saturated heterocycles. The van der Waals surface area contributed by atoms with E-state index < -0.39 is 70.1 Å². The predicted molar refractivity (Wildman–Crippen MR) is 171 cm³/mol. The second-order valence-corrected chi connectivity index (χ2v) is 13.5. The van der Waals surface area contributed by atoms with Gasteiger partial charge in [-0.05, 0) is 17.7 Å². The van der Waals surface area contributed by atoms with E-state index >= 15 is 0 Å². The molecule has 2 aromatic heterocycles. The normalized spacial score (nSPS) is 19.5. The molecule has 48 heavy (non-hydrogen) atoms. The third-order valence-corrected chi connectivity index (χ3v) is 10.5. The summed E-state index contributed by atoms with van der Waals surface area (Å²) >= 11 is 3.61. The molecule has 5 rings (SSSR count). The lowest BCUT2D eigenvalue weighted by Gasteiger charge is -2.46. The number of carboxylic acids is 3. The second kappa shape index (κ2) is 14.3. The number of nitrogens with two attached hydrogens (primary N) is 1. The Morgan fingerprint density at radius 3 is 2.46 bits per heavy atom. The summed E-state index contributed by atoms with van der Waals surface area (Å²) in [5, 5.41) is 55.2. The van der Waals surface area contributed by atoms with Gasteiger partial charge < -0.3 is 41.4 Å². The van der Waals surface area contributed by atoms with E-state index in [2.05, 4.69) is 15.5 Å². The minimum Gasteiger partial charge on any atom is -0.504 e. The van der Waals surface area contributed by atoms with Crippen molar-refractivity contribution in [3.63, 3.8) is 0 Å². The van der Waals surface area contributed by atoms with Crippen LogP contribution in [-0.2, 0) is 35.4 Å². The summed E-state index contributed by atoms with van der Waals surface area (Å²) in [7, 11) is 0. The van der Waals surface area contributed by atoms with Crippen LogP contribution in [0.2, 0.25) is 0 Å². The second-order valence-electron chi connectivity index (χ2n) is 10.4. The molecule has 1 saturated carbocycles. The van der Waals surface area contributed by atoms with Crippen molar-refractivity contribution in [3.8, 4) is 11.5 Å². The lowest BCUT2D eigenvalue weighted by molar-refractivity contribution is -0.686. The van der Waals surface area contributed by atoms with Gasteiger partial charge in [-0.1, -0.05) is 11.2 Å². The number of rotatable bonds is 13. The van der Waals surface area contributed by atoms with Crippen LogP contribution in [0.1, 0.15) is 17.4 Å². The molecule has 3 heterocycles. The maximum Gasteiger partial charge on any atom is 0.370 e. The molecule has 8 N–H and O–H groups in total. The van der Waals surface area contributed by atoms with Crippen LogP contribution in [0, 0.1) is 5.92 Å². The minimum absolute atomic E-state index is 0.0374. The van der Waals surface area contributed by atoms with Crippen molar-refractivity contribution in [2.24, 2.45) is 11.1 Å². The van der Waals surface area contributed by atoms with E-state index in [0.29, 0.717) is 5.57 Å². The molecular formula is C29H26N5O11S3+. The first-order valence-corrected chi connectivity index (χ1v) is 16.7. The number of thiazole rings is 1.